The highest BCUT2D eigenvalue weighted by Gasteiger charge is 2.22. The van der Waals surface area contributed by atoms with Gasteiger partial charge in [0.2, 0.25) is 0 Å². The number of benzene rings is 1. The maximum atomic E-state index is 4.75. The van der Waals surface area contributed by atoms with Crippen LogP contribution in [-0.4, -0.2) is 4.98 Å². The van der Waals surface area contributed by atoms with Gasteiger partial charge in [0.25, 0.3) is 0 Å². The molecule has 1 heteroatoms. The summed E-state index contributed by atoms with van der Waals surface area (Å²) in [6.45, 7) is 10.7. The third-order valence-electron chi connectivity index (χ3n) is 4.81. The third-order valence-corrected chi connectivity index (χ3v) is 4.81. The predicted molar refractivity (Wildman–Crippen MR) is 112 cm³/mol. The van der Waals surface area contributed by atoms with Gasteiger partial charge >= 0.3 is 0 Å². The Labute approximate surface area is 153 Å². The van der Waals surface area contributed by atoms with E-state index in [2.05, 4.69) is 69.3 Å². The van der Waals surface area contributed by atoms with Crippen LogP contribution in [0.5, 0.6) is 0 Å². The van der Waals surface area contributed by atoms with Crippen molar-refractivity contribution in [1.82, 2.24) is 4.98 Å². The quantitative estimate of drug-likeness (QED) is 0.533. The van der Waals surface area contributed by atoms with Gasteiger partial charge < -0.3 is 0 Å². The molecule has 132 valence electrons. The van der Waals surface area contributed by atoms with E-state index in [1.54, 1.807) is 0 Å². The van der Waals surface area contributed by atoms with Crippen LogP contribution in [0.15, 0.2) is 65.9 Å². The Morgan fingerprint density at radius 3 is 2.60 bits per heavy atom. The number of rotatable bonds is 4. The number of hydrogen-bond acceptors (Lipinski definition) is 1. The second-order valence-corrected chi connectivity index (χ2v) is 6.46. The zero-order valence-electron chi connectivity index (χ0n) is 16.3. The van der Waals surface area contributed by atoms with Crippen molar-refractivity contribution in [3.8, 4) is 0 Å². The molecule has 0 saturated carbocycles. The van der Waals surface area contributed by atoms with Gasteiger partial charge in [0, 0.05) is 11.6 Å². The van der Waals surface area contributed by atoms with Crippen LogP contribution in [-0.2, 0) is 0 Å². The van der Waals surface area contributed by atoms with E-state index < -0.39 is 0 Å². The summed E-state index contributed by atoms with van der Waals surface area (Å²) >= 11 is 0. The fourth-order valence-electron chi connectivity index (χ4n) is 3.36. The molecule has 0 amide bonds. The molecule has 1 unspecified atom stereocenters. The zero-order valence-corrected chi connectivity index (χ0v) is 16.3. The summed E-state index contributed by atoms with van der Waals surface area (Å²) in [7, 11) is 0. The third kappa shape index (κ3) is 4.48. The first-order valence-corrected chi connectivity index (χ1v) is 9.57. The summed E-state index contributed by atoms with van der Waals surface area (Å²) in [6.07, 6.45) is 12.2. The molecule has 0 spiro atoms. The molecule has 0 N–H and O–H groups in total. The first-order valence-electron chi connectivity index (χ1n) is 9.57. The maximum Gasteiger partial charge on any atom is 0.0743 e. The number of hydrogen-bond donors (Lipinski definition) is 0. The minimum atomic E-state index is 0.528. The first kappa shape index (κ1) is 19.2. The highest BCUT2D eigenvalue weighted by molar-refractivity contribution is 5.93. The normalized spacial score (nSPS) is 17.5. The van der Waals surface area contributed by atoms with Gasteiger partial charge in [-0.05, 0) is 56.1 Å². The van der Waals surface area contributed by atoms with Gasteiger partial charge in [-0.3, -0.25) is 4.98 Å². The van der Waals surface area contributed by atoms with Gasteiger partial charge in [-0.25, -0.2) is 0 Å². The van der Waals surface area contributed by atoms with Crippen LogP contribution in [0.25, 0.3) is 16.3 Å². The highest BCUT2D eigenvalue weighted by Crippen LogP contribution is 2.39. The highest BCUT2D eigenvalue weighted by atomic mass is 14.7. The van der Waals surface area contributed by atoms with E-state index in [-0.39, 0.29) is 0 Å². The van der Waals surface area contributed by atoms with Crippen LogP contribution in [0.3, 0.4) is 0 Å². The zero-order chi connectivity index (χ0) is 18.2. The molecule has 3 rings (SSSR count). The molecule has 0 saturated heterocycles. The average molecular weight is 334 g/mol. The largest absolute Gasteiger partial charge is 0.256 e. The first-order chi connectivity index (χ1) is 12.2. The minimum Gasteiger partial charge on any atom is -0.256 e. The standard InChI is InChI=1S/C22H25N.C2H6/c1-4-5-6-10-19-14-16(2)17(3)15-21(19)22-20-11-8-7-9-18(20)12-13-23-22;1-2/h5-9,11-13,15,19H,4,10,14H2,1-3H3;1-2H3. The molecule has 25 heavy (non-hydrogen) atoms. The molecular formula is C24H31N. The van der Waals surface area contributed by atoms with Crippen LogP contribution in [0, 0.1) is 5.92 Å². The summed E-state index contributed by atoms with van der Waals surface area (Å²) in [5.41, 5.74) is 5.45. The van der Waals surface area contributed by atoms with E-state index >= 15 is 0 Å². The summed E-state index contributed by atoms with van der Waals surface area (Å²) in [5.74, 6) is 0.528. The summed E-state index contributed by atoms with van der Waals surface area (Å²) in [5, 5.41) is 2.53. The van der Waals surface area contributed by atoms with Gasteiger partial charge in [-0.2, -0.15) is 0 Å². The number of pyridine rings is 1. The molecule has 0 bridgehead atoms. The van der Waals surface area contributed by atoms with E-state index in [9.17, 15) is 0 Å². The molecule has 0 radical (unpaired) electrons. The van der Waals surface area contributed by atoms with Gasteiger partial charge in [0.15, 0.2) is 0 Å². The number of aromatic nitrogens is 1. The van der Waals surface area contributed by atoms with E-state index in [4.69, 9.17) is 4.98 Å². The van der Waals surface area contributed by atoms with E-state index in [0.29, 0.717) is 5.92 Å². The summed E-state index contributed by atoms with van der Waals surface area (Å²) in [4.78, 5) is 4.75. The van der Waals surface area contributed by atoms with Crippen molar-refractivity contribution >= 4 is 16.3 Å². The van der Waals surface area contributed by atoms with Crippen LogP contribution < -0.4 is 0 Å². The Kier molecular flexibility index (Phi) is 7.18. The molecule has 1 aliphatic rings. The molecule has 2 aromatic rings. The Morgan fingerprint density at radius 1 is 1.08 bits per heavy atom. The van der Waals surface area contributed by atoms with E-state index in [1.165, 1.54) is 27.5 Å². The smallest absolute Gasteiger partial charge is 0.0743 e. The van der Waals surface area contributed by atoms with Crippen LogP contribution in [0.1, 0.15) is 59.6 Å². The van der Waals surface area contributed by atoms with E-state index in [1.807, 2.05) is 20.0 Å². The summed E-state index contributed by atoms with van der Waals surface area (Å²) in [6, 6.07) is 10.7. The Bertz CT molecular complexity index is 787. The lowest BCUT2D eigenvalue weighted by atomic mass is 9.80. The van der Waals surface area contributed by atoms with Crippen molar-refractivity contribution in [3.63, 3.8) is 0 Å². The molecule has 1 nitrogen and oxygen atoms in total. The van der Waals surface area contributed by atoms with Crippen molar-refractivity contribution in [2.75, 3.05) is 0 Å². The lowest BCUT2D eigenvalue weighted by Gasteiger charge is -2.25. The van der Waals surface area contributed by atoms with Crippen LogP contribution in [0.2, 0.25) is 0 Å². The number of fused-ring (bicyclic) bond motifs is 1. The van der Waals surface area contributed by atoms with Crippen molar-refractivity contribution in [1.29, 1.82) is 0 Å². The van der Waals surface area contributed by atoms with Crippen LogP contribution in [0.4, 0.5) is 0 Å². The van der Waals surface area contributed by atoms with Crippen LogP contribution >= 0.6 is 0 Å². The lowest BCUT2D eigenvalue weighted by molar-refractivity contribution is 0.658. The monoisotopic (exact) mass is 333 g/mol. The van der Waals surface area contributed by atoms with Gasteiger partial charge in [-0.15, -0.1) is 0 Å². The molecular weight excluding hydrogens is 302 g/mol. The molecule has 1 aromatic carbocycles. The molecule has 1 heterocycles. The maximum absolute atomic E-state index is 4.75. The van der Waals surface area contributed by atoms with Crippen molar-refractivity contribution in [2.24, 2.45) is 5.92 Å². The lowest BCUT2D eigenvalue weighted by Crippen LogP contribution is -2.10. The van der Waals surface area contributed by atoms with Crippen molar-refractivity contribution in [3.05, 3.63) is 71.6 Å². The van der Waals surface area contributed by atoms with Crippen molar-refractivity contribution in [2.45, 2.75) is 53.9 Å². The summed E-state index contributed by atoms with van der Waals surface area (Å²) < 4.78 is 0. The number of allylic oxidation sites excluding steroid dienone is 6. The Morgan fingerprint density at radius 2 is 1.84 bits per heavy atom. The second kappa shape index (κ2) is 9.36. The topological polar surface area (TPSA) is 12.9 Å². The minimum absolute atomic E-state index is 0.528. The Balaban J connectivity index is 0.00000109. The molecule has 0 aliphatic heterocycles. The molecule has 0 fully saturated rings. The second-order valence-electron chi connectivity index (χ2n) is 6.46. The molecule has 1 atom stereocenters. The fourth-order valence-corrected chi connectivity index (χ4v) is 3.36. The Hall–Kier alpha value is -2.15. The van der Waals surface area contributed by atoms with Gasteiger partial charge in [0.1, 0.15) is 0 Å². The fraction of sp³-hybridized carbons (Fsp3) is 0.375. The molecule has 1 aliphatic carbocycles. The average Bonchev–Trinajstić information content (AvgIpc) is 2.66. The van der Waals surface area contributed by atoms with Gasteiger partial charge in [0.05, 0.1) is 5.69 Å². The van der Waals surface area contributed by atoms with Crippen molar-refractivity contribution < 1.29 is 0 Å². The SMILES string of the molecule is CC.CCC=CCC1CC(C)=C(C)C=C1c1nccc2ccccc12. The molecule has 1 aromatic heterocycles. The number of nitrogens with zero attached hydrogens (tertiary/aromatic N) is 1. The van der Waals surface area contributed by atoms with E-state index in [0.717, 1.165) is 25.0 Å². The van der Waals surface area contributed by atoms with Gasteiger partial charge in [-0.1, -0.05) is 74.4 Å². The predicted octanol–water partition coefficient (Wildman–Crippen LogP) is 7.36.